The van der Waals surface area contributed by atoms with E-state index in [0.717, 1.165) is 12.2 Å². The highest BCUT2D eigenvalue weighted by molar-refractivity contribution is 5.33. The minimum absolute atomic E-state index is 0.0487. The molecule has 1 fully saturated rings. The molecule has 0 bridgehead atoms. The van der Waals surface area contributed by atoms with Crippen molar-refractivity contribution in [1.82, 2.24) is 10.3 Å². The smallest absolute Gasteiger partial charge is 0.120 e. The van der Waals surface area contributed by atoms with Gasteiger partial charge in [-0.05, 0) is 58.0 Å². The van der Waals surface area contributed by atoms with Gasteiger partial charge in [-0.2, -0.15) is 0 Å². The van der Waals surface area contributed by atoms with Gasteiger partial charge >= 0.3 is 0 Å². The fourth-order valence-electron chi connectivity index (χ4n) is 2.56. The molecule has 2 unspecified atom stereocenters. The van der Waals surface area contributed by atoms with E-state index >= 15 is 0 Å². The molecule has 1 saturated carbocycles. The van der Waals surface area contributed by atoms with Gasteiger partial charge in [0.15, 0.2) is 0 Å². The van der Waals surface area contributed by atoms with E-state index in [0.29, 0.717) is 6.10 Å². The second kappa shape index (κ2) is 6.12. The molecule has 0 spiro atoms. The van der Waals surface area contributed by atoms with Crippen LogP contribution in [0.3, 0.4) is 0 Å². The normalized spacial score (nSPS) is 19.7. The number of nitrogens with one attached hydrogen (secondary N) is 1. The van der Waals surface area contributed by atoms with Crippen molar-refractivity contribution < 1.29 is 4.74 Å². The van der Waals surface area contributed by atoms with Crippen molar-refractivity contribution >= 4 is 0 Å². The summed E-state index contributed by atoms with van der Waals surface area (Å²) in [5.74, 6) is 6.80. The molecule has 0 aromatic heterocycles. The first-order chi connectivity index (χ1) is 9.51. The van der Waals surface area contributed by atoms with Crippen LogP contribution in [0.1, 0.15) is 44.7 Å². The number of benzene rings is 1. The SMILES string of the molecule is CCC(C)(C(NN)c1cccc(OC2CC2)c1)N(C)C. The summed E-state index contributed by atoms with van der Waals surface area (Å²) in [6, 6.07) is 8.35. The average molecular weight is 277 g/mol. The molecule has 4 nitrogen and oxygen atoms in total. The van der Waals surface area contributed by atoms with Gasteiger partial charge in [-0.25, -0.2) is 0 Å². The molecule has 0 saturated heterocycles. The van der Waals surface area contributed by atoms with Crippen molar-refractivity contribution in [2.45, 2.75) is 50.8 Å². The number of nitrogens with zero attached hydrogens (tertiary/aromatic N) is 1. The molecule has 20 heavy (non-hydrogen) atoms. The molecule has 4 heteroatoms. The molecule has 2 atom stereocenters. The van der Waals surface area contributed by atoms with E-state index in [4.69, 9.17) is 10.6 Å². The van der Waals surface area contributed by atoms with Crippen LogP contribution < -0.4 is 16.0 Å². The van der Waals surface area contributed by atoms with Crippen molar-refractivity contribution in [3.05, 3.63) is 29.8 Å². The number of nitrogens with two attached hydrogens (primary N) is 1. The Hall–Kier alpha value is -1.10. The van der Waals surface area contributed by atoms with Crippen molar-refractivity contribution in [3.63, 3.8) is 0 Å². The largest absolute Gasteiger partial charge is 0.490 e. The lowest BCUT2D eigenvalue weighted by atomic mass is 9.84. The summed E-state index contributed by atoms with van der Waals surface area (Å²) in [6.45, 7) is 4.42. The van der Waals surface area contributed by atoms with Gasteiger partial charge in [0.05, 0.1) is 12.1 Å². The van der Waals surface area contributed by atoms with Crippen LogP contribution in [-0.4, -0.2) is 30.6 Å². The van der Waals surface area contributed by atoms with Crippen LogP contribution in [0.4, 0.5) is 0 Å². The standard InChI is InChI=1S/C16H27N3O/c1-5-16(2,19(3)4)15(18-17)12-7-6-8-14(11-12)20-13-9-10-13/h6-8,11,13,15,18H,5,9-10,17H2,1-4H3. The lowest BCUT2D eigenvalue weighted by Gasteiger charge is -2.42. The Bertz CT molecular complexity index is 445. The molecule has 0 amide bonds. The van der Waals surface area contributed by atoms with Gasteiger partial charge in [-0.3, -0.25) is 11.3 Å². The van der Waals surface area contributed by atoms with Crippen molar-refractivity contribution in [2.75, 3.05) is 14.1 Å². The predicted molar refractivity (Wildman–Crippen MR) is 82.5 cm³/mol. The van der Waals surface area contributed by atoms with Crippen LogP contribution >= 0.6 is 0 Å². The maximum atomic E-state index is 5.89. The number of hydrazine groups is 1. The zero-order valence-electron chi connectivity index (χ0n) is 13.0. The van der Waals surface area contributed by atoms with Crippen LogP contribution in [0.5, 0.6) is 5.75 Å². The number of hydrogen-bond donors (Lipinski definition) is 2. The maximum absolute atomic E-state index is 5.89. The van der Waals surface area contributed by atoms with E-state index in [1.54, 1.807) is 0 Å². The molecule has 112 valence electrons. The van der Waals surface area contributed by atoms with E-state index < -0.39 is 0 Å². The van der Waals surface area contributed by atoms with E-state index in [-0.39, 0.29) is 11.6 Å². The van der Waals surface area contributed by atoms with Crippen molar-refractivity contribution in [2.24, 2.45) is 5.84 Å². The van der Waals surface area contributed by atoms with Gasteiger partial charge in [-0.1, -0.05) is 19.1 Å². The number of ether oxygens (including phenoxy) is 1. The average Bonchev–Trinajstić information content (AvgIpc) is 3.23. The summed E-state index contributed by atoms with van der Waals surface area (Å²) >= 11 is 0. The van der Waals surface area contributed by atoms with Crippen molar-refractivity contribution in [1.29, 1.82) is 0 Å². The summed E-state index contributed by atoms with van der Waals surface area (Å²) in [7, 11) is 4.19. The highest BCUT2D eigenvalue weighted by Gasteiger charge is 2.35. The molecular formula is C16H27N3O. The van der Waals surface area contributed by atoms with E-state index in [2.05, 4.69) is 50.4 Å². The second-order valence-corrected chi connectivity index (χ2v) is 6.09. The van der Waals surface area contributed by atoms with Gasteiger partial charge in [0, 0.05) is 5.54 Å². The molecular weight excluding hydrogens is 250 g/mol. The summed E-state index contributed by atoms with van der Waals surface area (Å²) in [5.41, 5.74) is 4.11. The molecule has 0 aliphatic heterocycles. The zero-order chi connectivity index (χ0) is 14.8. The van der Waals surface area contributed by atoms with E-state index in [9.17, 15) is 0 Å². The van der Waals surface area contributed by atoms with E-state index in [1.807, 2.05) is 12.1 Å². The lowest BCUT2D eigenvalue weighted by Crippen LogP contribution is -2.52. The zero-order valence-corrected chi connectivity index (χ0v) is 13.0. The van der Waals surface area contributed by atoms with Gasteiger partial charge in [0.2, 0.25) is 0 Å². The molecule has 1 aromatic rings. The molecule has 1 aromatic carbocycles. The Morgan fingerprint density at radius 1 is 1.45 bits per heavy atom. The fourth-order valence-corrected chi connectivity index (χ4v) is 2.56. The Morgan fingerprint density at radius 3 is 2.65 bits per heavy atom. The third kappa shape index (κ3) is 3.14. The number of hydrogen-bond acceptors (Lipinski definition) is 4. The van der Waals surface area contributed by atoms with Gasteiger partial charge in [-0.15, -0.1) is 0 Å². The van der Waals surface area contributed by atoms with Crippen LogP contribution in [0.2, 0.25) is 0 Å². The second-order valence-electron chi connectivity index (χ2n) is 6.09. The summed E-state index contributed by atoms with van der Waals surface area (Å²) in [5, 5.41) is 0. The summed E-state index contributed by atoms with van der Waals surface area (Å²) in [6.07, 6.45) is 3.77. The highest BCUT2D eigenvalue weighted by atomic mass is 16.5. The fraction of sp³-hybridized carbons (Fsp3) is 0.625. The molecule has 0 radical (unpaired) electrons. The Morgan fingerprint density at radius 2 is 2.15 bits per heavy atom. The van der Waals surface area contributed by atoms with Crippen molar-refractivity contribution in [3.8, 4) is 5.75 Å². The molecule has 3 N–H and O–H groups in total. The third-order valence-electron chi connectivity index (χ3n) is 4.54. The Balaban J connectivity index is 2.25. The maximum Gasteiger partial charge on any atom is 0.120 e. The van der Waals surface area contributed by atoms with Crippen LogP contribution in [0.15, 0.2) is 24.3 Å². The minimum atomic E-state index is -0.0487. The van der Waals surface area contributed by atoms with Crippen LogP contribution in [0, 0.1) is 0 Å². The van der Waals surface area contributed by atoms with Crippen LogP contribution in [-0.2, 0) is 0 Å². The number of likely N-dealkylation sites (N-methyl/N-ethyl adjacent to an activating group) is 1. The monoisotopic (exact) mass is 277 g/mol. The molecule has 0 heterocycles. The summed E-state index contributed by atoms with van der Waals surface area (Å²) < 4.78 is 5.89. The van der Waals surface area contributed by atoms with E-state index in [1.165, 1.54) is 18.4 Å². The lowest BCUT2D eigenvalue weighted by molar-refractivity contribution is 0.113. The quantitative estimate of drug-likeness (QED) is 0.594. The molecule has 1 aliphatic rings. The first-order valence-electron chi connectivity index (χ1n) is 7.41. The first-order valence-corrected chi connectivity index (χ1v) is 7.41. The number of rotatable bonds is 7. The Kier molecular flexibility index (Phi) is 4.68. The van der Waals surface area contributed by atoms with Gasteiger partial charge in [0.1, 0.15) is 5.75 Å². The van der Waals surface area contributed by atoms with Gasteiger partial charge in [0.25, 0.3) is 0 Å². The predicted octanol–water partition coefficient (Wildman–Crippen LogP) is 2.46. The molecule has 1 aliphatic carbocycles. The first kappa shape index (κ1) is 15.3. The Labute approximate surface area is 122 Å². The third-order valence-corrected chi connectivity index (χ3v) is 4.54. The highest BCUT2D eigenvalue weighted by Crippen LogP contribution is 2.34. The topological polar surface area (TPSA) is 50.5 Å². The summed E-state index contributed by atoms with van der Waals surface area (Å²) in [4.78, 5) is 2.23. The molecule has 2 rings (SSSR count). The minimum Gasteiger partial charge on any atom is -0.490 e. The van der Waals surface area contributed by atoms with Gasteiger partial charge < -0.3 is 9.64 Å². The van der Waals surface area contributed by atoms with Crippen LogP contribution in [0.25, 0.3) is 0 Å².